The average Bonchev–Trinajstić information content (AvgIpc) is 3.34. The van der Waals surface area contributed by atoms with Crippen LogP contribution < -0.4 is 5.32 Å². The number of nitrogens with zero attached hydrogens (tertiary/aromatic N) is 2. The summed E-state index contributed by atoms with van der Waals surface area (Å²) in [6.07, 6.45) is 1.30. The number of hydrogen-bond acceptors (Lipinski definition) is 4. The highest BCUT2D eigenvalue weighted by Crippen LogP contribution is 2.49. The van der Waals surface area contributed by atoms with E-state index in [0.717, 1.165) is 0 Å². The molecule has 1 saturated carbocycles. The molecule has 0 saturated heterocycles. The predicted molar refractivity (Wildman–Crippen MR) is 92.6 cm³/mol. The summed E-state index contributed by atoms with van der Waals surface area (Å²) < 4.78 is 19.2. The van der Waals surface area contributed by atoms with Gasteiger partial charge in [0.05, 0.1) is 28.3 Å². The number of carbonyl (C=O) groups is 1. The van der Waals surface area contributed by atoms with Crippen LogP contribution in [0.5, 0.6) is 0 Å². The van der Waals surface area contributed by atoms with Crippen LogP contribution in [0.2, 0.25) is 0 Å². The number of nitriles is 1. The van der Waals surface area contributed by atoms with E-state index in [0.29, 0.717) is 41.1 Å². The summed E-state index contributed by atoms with van der Waals surface area (Å²) in [5.41, 5.74) is 1.20. The molecule has 1 aliphatic carbocycles. The average molecular weight is 347 g/mol. The van der Waals surface area contributed by atoms with E-state index in [2.05, 4.69) is 10.5 Å². The second-order valence-electron chi connectivity index (χ2n) is 6.28. The Morgan fingerprint density at radius 3 is 2.58 bits per heavy atom. The van der Waals surface area contributed by atoms with Crippen LogP contribution in [0.4, 0.5) is 10.1 Å². The van der Waals surface area contributed by atoms with Crippen molar-refractivity contribution in [2.45, 2.75) is 18.3 Å². The van der Waals surface area contributed by atoms with Gasteiger partial charge in [-0.1, -0.05) is 17.3 Å². The van der Waals surface area contributed by atoms with Crippen LogP contribution in [-0.2, 0) is 10.2 Å². The molecule has 4 rings (SSSR count). The molecule has 0 aliphatic heterocycles. The molecule has 128 valence electrons. The lowest BCUT2D eigenvalue weighted by molar-refractivity contribution is -0.118. The Bertz CT molecular complexity index is 1010. The van der Waals surface area contributed by atoms with Crippen LogP contribution in [0.25, 0.3) is 11.3 Å². The van der Waals surface area contributed by atoms with Gasteiger partial charge in [-0.3, -0.25) is 4.79 Å². The maximum absolute atomic E-state index is 13.9. The maximum Gasteiger partial charge on any atom is 0.236 e. The Balaban J connectivity index is 1.56. The molecule has 1 fully saturated rings. The predicted octanol–water partition coefficient (Wildman–Crippen LogP) is 4.02. The van der Waals surface area contributed by atoms with E-state index >= 15 is 0 Å². The van der Waals surface area contributed by atoms with Crippen molar-refractivity contribution in [3.05, 3.63) is 71.7 Å². The highest BCUT2D eigenvalue weighted by atomic mass is 19.1. The van der Waals surface area contributed by atoms with Crippen LogP contribution in [0, 0.1) is 17.1 Å². The van der Waals surface area contributed by atoms with Crippen LogP contribution in [0.15, 0.2) is 59.1 Å². The molecule has 0 atom stereocenters. The number of carbonyl (C=O) groups excluding carboxylic acids is 1. The number of anilines is 1. The fourth-order valence-electron chi connectivity index (χ4n) is 2.89. The summed E-state index contributed by atoms with van der Waals surface area (Å²) in [7, 11) is 0. The van der Waals surface area contributed by atoms with E-state index in [-0.39, 0.29) is 5.91 Å². The van der Waals surface area contributed by atoms with Crippen molar-refractivity contribution in [2.24, 2.45) is 0 Å². The molecular weight excluding hydrogens is 333 g/mol. The van der Waals surface area contributed by atoms with Gasteiger partial charge in [0.25, 0.3) is 0 Å². The standard InChI is InChI=1S/C20H14FN3O2/c21-16-4-2-1-3-15(16)17-11-18(24-26-17)20(9-10-20)19(25)23-14-7-5-13(12-22)6-8-14/h1-8,11H,9-10H2,(H,23,25). The lowest BCUT2D eigenvalue weighted by atomic mass is 10.00. The van der Waals surface area contributed by atoms with Gasteiger partial charge < -0.3 is 9.84 Å². The Morgan fingerprint density at radius 1 is 1.19 bits per heavy atom. The van der Waals surface area contributed by atoms with Gasteiger partial charge in [-0.05, 0) is 49.2 Å². The maximum atomic E-state index is 13.9. The zero-order chi connectivity index (χ0) is 18.1. The highest BCUT2D eigenvalue weighted by Gasteiger charge is 2.53. The lowest BCUT2D eigenvalue weighted by Gasteiger charge is -2.12. The molecule has 1 aromatic heterocycles. The van der Waals surface area contributed by atoms with Crippen LogP contribution in [0.1, 0.15) is 24.1 Å². The molecule has 1 amide bonds. The van der Waals surface area contributed by atoms with E-state index in [9.17, 15) is 9.18 Å². The monoisotopic (exact) mass is 347 g/mol. The minimum atomic E-state index is -0.749. The third-order valence-electron chi connectivity index (χ3n) is 4.60. The third-order valence-corrected chi connectivity index (χ3v) is 4.60. The Morgan fingerprint density at radius 2 is 1.92 bits per heavy atom. The Kier molecular flexibility index (Phi) is 3.77. The first-order valence-electron chi connectivity index (χ1n) is 8.16. The molecule has 3 aromatic rings. The van der Waals surface area contributed by atoms with Gasteiger partial charge in [-0.2, -0.15) is 5.26 Å². The number of amides is 1. The Hall–Kier alpha value is -3.46. The van der Waals surface area contributed by atoms with Crippen molar-refractivity contribution in [2.75, 3.05) is 5.32 Å². The zero-order valence-corrected chi connectivity index (χ0v) is 13.7. The first kappa shape index (κ1) is 16.0. The summed E-state index contributed by atoms with van der Waals surface area (Å²) in [5, 5.41) is 15.7. The quantitative estimate of drug-likeness (QED) is 0.773. The van der Waals surface area contributed by atoms with Crippen molar-refractivity contribution in [3.8, 4) is 17.4 Å². The van der Waals surface area contributed by atoms with Crippen molar-refractivity contribution < 1.29 is 13.7 Å². The van der Waals surface area contributed by atoms with Gasteiger partial charge >= 0.3 is 0 Å². The lowest BCUT2D eigenvalue weighted by Crippen LogP contribution is -2.28. The van der Waals surface area contributed by atoms with Gasteiger partial charge in [0.1, 0.15) is 5.82 Å². The fourth-order valence-corrected chi connectivity index (χ4v) is 2.89. The van der Waals surface area contributed by atoms with Gasteiger partial charge in [0, 0.05) is 11.8 Å². The summed E-state index contributed by atoms with van der Waals surface area (Å²) in [5.74, 6) is -0.284. The van der Waals surface area contributed by atoms with Crippen LogP contribution >= 0.6 is 0 Å². The fraction of sp³-hybridized carbons (Fsp3) is 0.150. The molecule has 1 heterocycles. The highest BCUT2D eigenvalue weighted by molar-refractivity contribution is 6.01. The minimum absolute atomic E-state index is 0.185. The van der Waals surface area contributed by atoms with Gasteiger partial charge in [-0.25, -0.2) is 4.39 Å². The van der Waals surface area contributed by atoms with Gasteiger partial charge in [0.15, 0.2) is 5.76 Å². The molecule has 5 nitrogen and oxygen atoms in total. The number of hydrogen-bond donors (Lipinski definition) is 1. The normalized spacial score (nSPS) is 14.5. The number of halogens is 1. The second-order valence-corrected chi connectivity index (χ2v) is 6.28. The van der Waals surface area contributed by atoms with Gasteiger partial charge in [0.2, 0.25) is 5.91 Å². The molecule has 26 heavy (non-hydrogen) atoms. The zero-order valence-electron chi connectivity index (χ0n) is 13.7. The third kappa shape index (κ3) is 2.74. The second kappa shape index (κ2) is 6.12. The summed E-state index contributed by atoms with van der Waals surface area (Å²) in [4.78, 5) is 12.7. The summed E-state index contributed by atoms with van der Waals surface area (Å²) in [6, 6.07) is 16.6. The molecule has 1 aliphatic rings. The molecule has 0 unspecified atom stereocenters. The molecule has 1 N–H and O–H groups in total. The largest absolute Gasteiger partial charge is 0.356 e. The smallest absolute Gasteiger partial charge is 0.236 e. The topological polar surface area (TPSA) is 78.9 Å². The van der Waals surface area contributed by atoms with Crippen molar-refractivity contribution in [1.82, 2.24) is 5.16 Å². The molecule has 6 heteroatoms. The SMILES string of the molecule is N#Cc1ccc(NC(=O)C2(c3cc(-c4ccccc4F)on3)CC2)cc1. The van der Waals surface area contributed by atoms with E-state index in [4.69, 9.17) is 9.78 Å². The minimum Gasteiger partial charge on any atom is -0.356 e. The van der Waals surface area contributed by atoms with E-state index in [1.807, 2.05) is 6.07 Å². The number of benzene rings is 2. The first-order valence-corrected chi connectivity index (χ1v) is 8.16. The van der Waals surface area contributed by atoms with Gasteiger partial charge in [-0.15, -0.1) is 0 Å². The van der Waals surface area contributed by atoms with Crippen LogP contribution in [0.3, 0.4) is 0 Å². The number of nitrogens with one attached hydrogen (secondary N) is 1. The van der Waals surface area contributed by atoms with Crippen molar-refractivity contribution >= 4 is 11.6 Å². The van der Waals surface area contributed by atoms with Crippen molar-refractivity contribution in [3.63, 3.8) is 0 Å². The molecule has 2 aromatic carbocycles. The molecular formula is C20H14FN3O2. The molecule has 0 radical (unpaired) electrons. The molecule has 0 bridgehead atoms. The summed E-state index contributed by atoms with van der Waals surface area (Å²) >= 11 is 0. The molecule has 0 spiro atoms. The first-order chi connectivity index (χ1) is 12.6. The van der Waals surface area contributed by atoms with E-state index in [1.165, 1.54) is 6.07 Å². The van der Waals surface area contributed by atoms with E-state index in [1.54, 1.807) is 48.5 Å². The number of aromatic nitrogens is 1. The van der Waals surface area contributed by atoms with Crippen molar-refractivity contribution in [1.29, 1.82) is 5.26 Å². The van der Waals surface area contributed by atoms with Crippen LogP contribution in [-0.4, -0.2) is 11.1 Å². The number of rotatable bonds is 4. The van der Waals surface area contributed by atoms with E-state index < -0.39 is 11.2 Å². The Labute approximate surface area is 149 Å². The summed E-state index contributed by atoms with van der Waals surface area (Å²) in [6.45, 7) is 0.